The third-order valence-corrected chi connectivity index (χ3v) is 14.4. The van der Waals surface area contributed by atoms with Crippen LogP contribution in [0.5, 0.6) is 5.75 Å². The van der Waals surface area contributed by atoms with E-state index in [4.69, 9.17) is 4.74 Å². The molecule has 0 saturated heterocycles. The van der Waals surface area contributed by atoms with Gasteiger partial charge in [0.05, 0.1) is 18.6 Å². The van der Waals surface area contributed by atoms with Crippen molar-refractivity contribution in [3.05, 3.63) is 47.1 Å². The minimum atomic E-state index is -0.752. The number of ether oxygens (including phenoxy) is 1. The van der Waals surface area contributed by atoms with Gasteiger partial charge >= 0.3 is 5.97 Å². The molecule has 0 bridgehead atoms. The molecule has 4 saturated carbocycles. The molecule has 1 aromatic rings. The molecule has 5 nitrogen and oxygen atoms in total. The summed E-state index contributed by atoms with van der Waals surface area (Å²) in [5, 5.41) is 22.0. The third kappa shape index (κ3) is 4.12. The topological polar surface area (TPSA) is 83.8 Å². The molecule has 43 heavy (non-hydrogen) atoms. The minimum absolute atomic E-state index is 0.0378. The molecule has 1 aromatic carbocycles. The van der Waals surface area contributed by atoms with Crippen LogP contribution in [0.3, 0.4) is 0 Å². The molecule has 0 unspecified atom stereocenters. The number of aliphatic hydroxyl groups is 1. The lowest BCUT2D eigenvalue weighted by Crippen LogP contribution is -2.67. The predicted octanol–water partition coefficient (Wildman–Crippen LogP) is 8.11. The Morgan fingerprint density at radius 2 is 1.60 bits per heavy atom. The van der Waals surface area contributed by atoms with Crippen molar-refractivity contribution in [3.63, 3.8) is 0 Å². The van der Waals surface area contributed by atoms with E-state index >= 15 is 0 Å². The van der Waals surface area contributed by atoms with Gasteiger partial charge < -0.3 is 14.9 Å². The van der Waals surface area contributed by atoms with E-state index in [1.807, 2.05) is 37.3 Å². The SMILES string of the molecule is COc1ccc(/C=C2\C[C@]3(C)[C@H]4C(=O)C=C5[C@@H]6C[C@@](C)(C(=O)O)CC[C@]6(C)CC[C@@]5(C)[C@]4(C)CC[C@H]3C(C)(C)[C@H]2O)cc1. The van der Waals surface area contributed by atoms with Crippen molar-refractivity contribution in [2.45, 2.75) is 106 Å². The summed E-state index contributed by atoms with van der Waals surface area (Å²) in [5.74, 6) is 0.490. The third-order valence-electron chi connectivity index (χ3n) is 14.4. The molecule has 5 heteroatoms. The molecule has 6 rings (SSSR count). The number of aliphatic carboxylic acids is 1. The van der Waals surface area contributed by atoms with Crippen LogP contribution in [0.1, 0.15) is 105 Å². The number of fused-ring (bicyclic) bond motifs is 7. The Morgan fingerprint density at radius 3 is 2.23 bits per heavy atom. The van der Waals surface area contributed by atoms with Crippen molar-refractivity contribution in [2.75, 3.05) is 7.11 Å². The van der Waals surface area contributed by atoms with E-state index < -0.39 is 17.5 Å². The van der Waals surface area contributed by atoms with Crippen LogP contribution in [-0.2, 0) is 9.59 Å². The summed E-state index contributed by atoms with van der Waals surface area (Å²) in [6.07, 6.45) is 10.5. The Hall–Kier alpha value is -2.40. The maximum Gasteiger partial charge on any atom is 0.309 e. The van der Waals surface area contributed by atoms with Crippen LogP contribution >= 0.6 is 0 Å². The van der Waals surface area contributed by atoms with Gasteiger partial charge in [0.25, 0.3) is 0 Å². The molecule has 234 valence electrons. The molecule has 2 N–H and O–H groups in total. The molecule has 5 aliphatic carbocycles. The summed E-state index contributed by atoms with van der Waals surface area (Å²) >= 11 is 0. The van der Waals surface area contributed by atoms with Gasteiger partial charge in [0.15, 0.2) is 5.78 Å². The lowest BCUT2D eigenvalue weighted by atomic mass is 9.33. The number of aliphatic hydroxyl groups excluding tert-OH is 1. The van der Waals surface area contributed by atoms with Crippen LogP contribution in [-0.4, -0.2) is 35.2 Å². The average molecular weight is 589 g/mol. The summed E-state index contributed by atoms with van der Waals surface area (Å²) < 4.78 is 5.36. The van der Waals surface area contributed by atoms with Crippen LogP contribution in [0, 0.1) is 50.2 Å². The zero-order valence-corrected chi connectivity index (χ0v) is 27.5. The highest BCUT2D eigenvalue weighted by molar-refractivity contribution is 5.96. The van der Waals surface area contributed by atoms with Crippen molar-refractivity contribution in [2.24, 2.45) is 50.2 Å². The number of hydrogen-bond donors (Lipinski definition) is 2. The molecule has 0 heterocycles. The van der Waals surface area contributed by atoms with E-state index in [1.165, 1.54) is 5.57 Å². The monoisotopic (exact) mass is 588 g/mol. The van der Waals surface area contributed by atoms with E-state index in [1.54, 1.807) is 7.11 Å². The van der Waals surface area contributed by atoms with E-state index in [-0.39, 0.29) is 50.6 Å². The lowest BCUT2D eigenvalue weighted by molar-refractivity contribution is -0.191. The second-order valence-electron chi connectivity index (χ2n) is 17.0. The van der Waals surface area contributed by atoms with Gasteiger partial charge in [-0.3, -0.25) is 9.59 Å². The van der Waals surface area contributed by atoms with Gasteiger partial charge in [0.1, 0.15) is 5.75 Å². The van der Waals surface area contributed by atoms with E-state index in [9.17, 15) is 19.8 Å². The zero-order valence-electron chi connectivity index (χ0n) is 27.5. The molecular weight excluding hydrogens is 536 g/mol. The van der Waals surface area contributed by atoms with Gasteiger partial charge in [-0.15, -0.1) is 0 Å². The molecule has 0 radical (unpaired) electrons. The Balaban J connectivity index is 1.45. The average Bonchev–Trinajstić information content (AvgIpc) is 2.94. The normalized spacial score (nSPS) is 46.1. The number of allylic oxidation sites excluding steroid dienone is 2. The number of rotatable bonds is 3. The number of carbonyl (C=O) groups excluding carboxylic acids is 1. The van der Waals surface area contributed by atoms with Crippen LogP contribution in [0.15, 0.2) is 41.5 Å². The summed E-state index contributed by atoms with van der Waals surface area (Å²) in [6.45, 7) is 15.8. The number of carbonyl (C=O) groups is 2. The predicted molar refractivity (Wildman–Crippen MR) is 169 cm³/mol. The van der Waals surface area contributed by atoms with E-state index in [0.29, 0.717) is 19.3 Å². The largest absolute Gasteiger partial charge is 0.497 e. The standard InChI is InChI=1S/C38H52O5/c1-33(2)29-13-14-38(7)30(36(29,5)21-24(31(33)40)19-23-9-11-25(43-8)12-10-23)28(39)20-26-27-22-35(4,32(41)42)16-15-34(27,3)17-18-37(26,38)6/h9-12,19-20,27,29-31,40H,13-18,21-22H2,1-8H3,(H,41,42)/b24-19+/t27-,29-,30+,31-,34+,35-,36-,37+,38+/m0/s1. The van der Waals surface area contributed by atoms with Gasteiger partial charge in [-0.2, -0.15) is 0 Å². The minimum Gasteiger partial charge on any atom is -0.497 e. The van der Waals surface area contributed by atoms with Gasteiger partial charge in [-0.25, -0.2) is 0 Å². The molecule has 0 spiro atoms. The van der Waals surface area contributed by atoms with Crippen LogP contribution < -0.4 is 4.74 Å². The second-order valence-corrected chi connectivity index (χ2v) is 17.0. The van der Waals surface area contributed by atoms with E-state index in [0.717, 1.165) is 49.0 Å². The van der Waals surface area contributed by atoms with Crippen LogP contribution in [0.2, 0.25) is 0 Å². The maximum absolute atomic E-state index is 14.7. The maximum atomic E-state index is 14.7. The summed E-state index contributed by atoms with van der Waals surface area (Å²) in [5.41, 5.74) is 1.47. The van der Waals surface area contributed by atoms with Crippen LogP contribution in [0.25, 0.3) is 6.08 Å². The summed E-state index contributed by atoms with van der Waals surface area (Å²) in [6, 6.07) is 7.95. The molecule has 9 atom stereocenters. The van der Waals surface area contributed by atoms with Gasteiger partial charge in [0.2, 0.25) is 0 Å². The molecule has 5 aliphatic rings. The lowest BCUT2D eigenvalue weighted by Gasteiger charge is -2.70. The highest BCUT2D eigenvalue weighted by atomic mass is 16.5. The summed E-state index contributed by atoms with van der Waals surface area (Å²) in [4.78, 5) is 27.1. The number of benzene rings is 1. The van der Waals surface area contributed by atoms with Gasteiger partial charge in [-0.05, 0) is 127 Å². The molecular formula is C38H52O5. The van der Waals surface area contributed by atoms with Crippen molar-refractivity contribution in [1.82, 2.24) is 0 Å². The van der Waals surface area contributed by atoms with Crippen molar-refractivity contribution in [3.8, 4) is 5.75 Å². The Labute approximate surface area is 258 Å². The first-order chi connectivity index (χ1) is 19.9. The molecule has 0 aromatic heterocycles. The fraction of sp³-hybridized carbons (Fsp3) is 0.684. The Kier molecular flexibility index (Phi) is 6.80. The van der Waals surface area contributed by atoms with Crippen molar-refractivity contribution < 1.29 is 24.5 Å². The van der Waals surface area contributed by atoms with Gasteiger partial charge in [-0.1, -0.05) is 65.3 Å². The number of carboxylic acid groups (broad SMARTS) is 1. The Morgan fingerprint density at radius 1 is 0.953 bits per heavy atom. The van der Waals surface area contributed by atoms with Crippen LogP contribution in [0.4, 0.5) is 0 Å². The van der Waals surface area contributed by atoms with Crippen molar-refractivity contribution in [1.29, 1.82) is 0 Å². The number of carboxylic acids is 1. The number of ketones is 1. The number of methoxy groups -OCH3 is 1. The summed E-state index contributed by atoms with van der Waals surface area (Å²) in [7, 11) is 1.66. The quantitative estimate of drug-likeness (QED) is 0.373. The highest BCUT2D eigenvalue weighted by Crippen LogP contribution is 2.75. The molecule has 0 amide bonds. The first-order valence-electron chi connectivity index (χ1n) is 16.5. The fourth-order valence-corrected chi connectivity index (χ4v) is 11.5. The van der Waals surface area contributed by atoms with E-state index in [2.05, 4.69) is 47.6 Å². The second kappa shape index (κ2) is 9.55. The smallest absolute Gasteiger partial charge is 0.309 e. The zero-order chi connectivity index (χ0) is 31.4. The Bertz CT molecular complexity index is 1400. The molecule has 0 aliphatic heterocycles. The number of hydrogen-bond acceptors (Lipinski definition) is 4. The highest BCUT2D eigenvalue weighted by Gasteiger charge is 2.70. The first kappa shape index (κ1) is 30.6. The fourth-order valence-electron chi connectivity index (χ4n) is 11.5. The van der Waals surface area contributed by atoms with Gasteiger partial charge in [0, 0.05) is 5.92 Å². The molecule has 4 fully saturated rings. The van der Waals surface area contributed by atoms with Crippen molar-refractivity contribution >= 4 is 17.8 Å². The first-order valence-corrected chi connectivity index (χ1v) is 16.5.